The number of carbonyl (C=O) groups is 3. The Balaban J connectivity index is 1.57. The standard InChI is InChI=1S/C23H17NO4S/c1-28-22(26)17-11-9-15(10-12-17)13-20-21(25)24(23(27)29-20)14-18-7-4-6-16-5-2-3-8-19(16)18/h2-13H,14H2,1H3/b20-13+. The maximum absolute atomic E-state index is 12.8. The van der Waals surface area contributed by atoms with Crippen molar-refractivity contribution in [2.24, 2.45) is 0 Å². The number of esters is 1. The summed E-state index contributed by atoms with van der Waals surface area (Å²) in [6, 6.07) is 20.4. The van der Waals surface area contributed by atoms with E-state index in [4.69, 9.17) is 0 Å². The maximum atomic E-state index is 12.8. The van der Waals surface area contributed by atoms with Crippen molar-refractivity contribution in [2.75, 3.05) is 7.11 Å². The fraction of sp³-hybridized carbons (Fsp3) is 0.0870. The van der Waals surface area contributed by atoms with E-state index in [1.807, 2.05) is 42.5 Å². The Kier molecular flexibility index (Phi) is 5.18. The second-order valence-electron chi connectivity index (χ2n) is 6.52. The lowest BCUT2D eigenvalue weighted by Gasteiger charge is -2.14. The fourth-order valence-corrected chi connectivity index (χ4v) is 4.06. The van der Waals surface area contributed by atoms with Crippen LogP contribution in [0.15, 0.2) is 71.6 Å². The van der Waals surface area contributed by atoms with Gasteiger partial charge in [0.1, 0.15) is 0 Å². The summed E-state index contributed by atoms with van der Waals surface area (Å²) in [5.74, 6) is -0.739. The van der Waals surface area contributed by atoms with Gasteiger partial charge in [-0.3, -0.25) is 14.5 Å². The second kappa shape index (κ2) is 7.93. The number of benzene rings is 3. The molecule has 6 heteroatoms. The van der Waals surface area contributed by atoms with Gasteiger partial charge in [0.25, 0.3) is 11.1 Å². The number of amides is 2. The van der Waals surface area contributed by atoms with Gasteiger partial charge in [-0.1, -0.05) is 54.6 Å². The first-order valence-corrected chi connectivity index (χ1v) is 9.79. The quantitative estimate of drug-likeness (QED) is 0.460. The largest absolute Gasteiger partial charge is 0.465 e. The van der Waals surface area contributed by atoms with Gasteiger partial charge in [-0.2, -0.15) is 0 Å². The molecule has 1 fully saturated rings. The second-order valence-corrected chi connectivity index (χ2v) is 7.51. The summed E-state index contributed by atoms with van der Waals surface area (Å²) >= 11 is 0.923. The molecule has 0 atom stereocenters. The van der Waals surface area contributed by atoms with Gasteiger partial charge in [-0.05, 0) is 51.9 Å². The molecule has 3 aromatic rings. The van der Waals surface area contributed by atoms with Crippen LogP contribution in [0.25, 0.3) is 16.8 Å². The van der Waals surface area contributed by atoms with Crippen LogP contribution in [0.4, 0.5) is 4.79 Å². The number of nitrogens with zero attached hydrogens (tertiary/aromatic N) is 1. The Morgan fingerprint density at radius 3 is 2.48 bits per heavy atom. The molecule has 0 saturated carbocycles. The average Bonchev–Trinajstić information content (AvgIpc) is 3.01. The summed E-state index contributed by atoms with van der Waals surface area (Å²) in [6.45, 7) is 0.227. The van der Waals surface area contributed by atoms with Gasteiger partial charge in [0.05, 0.1) is 24.1 Å². The number of hydrogen-bond donors (Lipinski definition) is 0. The molecular formula is C23H17NO4S. The van der Waals surface area contributed by atoms with Crippen LogP contribution in [-0.4, -0.2) is 29.1 Å². The molecule has 1 aliphatic heterocycles. The number of imide groups is 1. The third-order valence-electron chi connectivity index (χ3n) is 4.71. The Labute approximate surface area is 172 Å². The van der Waals surface area contributed by atoms with Crippen LogP contribution >= 0.6 is 11.8 Å². The first-order valence-electron chi connectivity index (χ1n) is 8.97. The number of methoxy groups -OCH3 is 1. The first-order chi connectivity index (χ1) is 14.1. The van der Waals surface area contributed by atoms with E-state index in [0.717, 1.165) is 33.7 Å². The van der Waals surface area contributed by atoms with E-state index in [0.29, 0.717) is 10.5 Å². The van der Waals surface area contributed by atoms with Gasteiger partial charge in [-0.15, -0.1) is 0 Å². The zero-order chi connectivity index (χ0) is 20.4. The molecule has 3 aromatic carbocycles. The highest BCUT2D eigenvalue weighted by Gasteiger charge is 2.35. The molecular weight excluding hydrogens is 386 g/mol. The van der Waals surface area contributed by atoms with Crippen molar-refractivity contribution in [2.45, 2.75) is 6.54 Å². The highest BCUT2D eigenvalue weighted by Crippen LogP contribution is 2.34. The molecule has 29 heavy (non-hydrogen) atoms. The molecule has 4 rings (SSSR count). The predicted molar refractivity (Wildman–Crippen MR) is 113 cm³/mol. The fourth-order valence-electron chi connectivity index (χ4n) is 3.22. The van der Waals surface area contributed by atoms with Gasteiger partial charge in [-0.25, -0.2) is 4.79 Å². The Bertz CT molecular complexity index is 1150. The number of carbonyl (C=O) groups excluding carboxylic acids is 3. The normalized spacial score (nSPS) is 15.3. The van der Waals surface area contributed by atoms with Crippen molar-refractivity contribution >= 4 is 45.7 Å². The molecule has 0 bridgehead atoms. The summed E-state index contributed by atoms with van der Waals surface area (Å²) in [5.41, 5.74) is 2.08. The smallest absolute Gasteiger partial charge is 0.337 e. The van der Waals surface area contributed by atoms with E-state index in [9.17, 15) is 14.4 Å². The van der Waals surface area contributed by atoms with E-state index in [1.165, 1.54) is 12.0 Å². The van der Waals surface area contributed by atoms with Crippen LogP contribution in [0.2, 0.25) is 0 Å². The van der Waals surface area contributed by atoms with Crippen LogP contribution < -0.4 is 0 Å². The lowest BCUT2D eigenvalue weighted by molar-refractivity contribution is -0.123. The Morgan fingerprint density at radius 2 is 1.72 bits per heavy atom. The summed E-state index contributed by atoms with van der Waals surface area (Å²) in [5, 5.41) is 1.80. The van der Waals surface area contributed by atoms with E-state index < -0.39 is 5.97 Å². The third-order valence-corrected chi connectivity index (χ3v) is 5.62. The van der Waals surface area contributed by atoms with Gasteiger partial charge >= 0.3 is 5.97 Å². The predicted octanol–water partition coefficient (Wildman–Crippen LogP) is 4.86. The Morgan fingerprint density at radius 1 is 1.00 bits per heavy atom. The molecule has 0 N–H and O–H groups in total. The van der Waals surface area contributed by atoms with E-state index >= 15 is 0 Å². The molecule has 0 radical (unpaired) electrons. The molecule has 144 valence electrons. The number of thioether (sulfide) groups is 1. The molecule has 0 aromatic heterocycles. The summed E-state index contributed by atoms with van der Waals surface area (Å²) in [6.07, 6.45) is 1.66. The number of fused-ring (bicyclic) bond motifs is 1. The molecule has 1 heterocycles. The van der Waals surface area contributed by atoms with Crippen molar-refractivity contribution < 1.29 is 19.1 Å². The minimum absolute atomic E-state index is 0.227. The van der Waals surface area contributed by atoms with Crippen molar-refractivity contribution in [1.82, 2.24) is 4.90 Å². The Hall–Kier alpha value is -3.38. The lowest BCUT2D eigenvalue weighted by atomic mass is 10.0. The van der Waals surface area contributed by atoms with Crippen molar-refractivity contribution in [3.05, 3.63) is 88.3 Å². The van der Waals surface area contributed by atoms with Crippen molar-refractivity contribution in [1.29, 1.82) is 0 Å². The zero-order valence-corrected chi connectivity index (χ0v) is 16.4. The molecule has 0 unspecified atom stereocenters. The van der Waals surface area contributed by atoms with Crippen LogP contribution in [-0.2, 0) is 16.1 Å². The maximum Gasteiger partial charge on any atom is 0.337 e. The van der Waals surface area contributed by atoms with E-state index in [1.54, 1.807) is 30.3 Å². The minimum atomic E-state index is -0.424. The van der Waals surface area contributed by atoms with Crippen LogP contribution in [0.1, 0.15) is 21.5 Å². The van der Waals surface area contributed by atoms with Crippen LogP contribution in [0.3, 0.4) is 0 Å². The summed E-state index contributed by atoms with van der Waals surface area (Å²) < 4.78 is 4.68. The highest BCUT2D eigenvalue weighted by atomic mass is 32.2. The van der Waals surface area contributed by atoms with E-state index in [2.05, 4.69) is 4.74 Å². The molecule has 2 amide bonds. The third kappa shape index (κ3) is 3.79. The molecule has 5 nitrogen and oxygen atoms in total. The number of hydrogen-bond acceptors (Lipinski definition) is 5. The van der Waals surface area contributed by atoms with Crippen LogP contribution in [0, 0.1) is 0 Å². The average molecular weight is 403 g/mol. The van der Waals surface area contributed by atoms with Crippen molar-refractivity contribution in [3.8, 4) is 0 Å². The molecule has 0 spiro atoms. The molecule has 0 aliphatic carbocycles. The lowest BCUT2D eigenvalue weighted by Crippen LogP contribution is -2.27. The van der Waals surface area contributed by atoms with Gasteiger partial charge in [0.15, 0.2) is 0 Å². The first kappa shape index (κ1) is 19.0. The summed E-state index contributed by atoms with van der Waals surface area (Å²) in [4.78, 5) is 38.5. The van der Waals surface area contributed by atoms with E-state index in [-0.39, 0.29) is 17.7 Å². The van der Waals surface area contributed by atoms with Gasteiger partial charge < -0.3 is 4.74 Å². The number of ether oxygens (including phenoxy) is 1. The zero-order valence-electron chi connectivity index (χ0n) is 15.6. The van der Waals surface area contributed by atoms with Gasteiger partial charge in [0, 0.05) is 0 Å². The topological polar surface area (TPSA) is 63.7 Å². The SMILES string of the molecule is COC(=O)c1ccc(/C=C2/SC(=O)N(Cc3cccc4ccccc34)C2=O)cc1. The van der Waals surface area contributed by atoms with Crippen LogP contribution in [0.5, 0.6) is 0 Å². The number of rotatable bonds is 4. The van der Waals surface area contributed by atoms with Crippen molar-refractivity contribution in [3.63, 3.8) is 0 Å². The molecule has 1 aliphatic rings. The van der Waals surface area contributed by atoms with Gasteiger partial charge in [0.2, 0.25) is 0 Å². The highest BCUT2D eigenvalue weighted by molar-refractivity contribution is 8.18. The monoisotopic (exact) mass is 403 g/mol. The molecule has 1 saturated heterocycles. The summed E-state index contributed by atoms with van der Waals surface area (Å²) in [7, 11) is 1.32. The minimum Gasteiger partial charge on any atom is -0.465 e.